The first kappa shape index (κ1) is 66.4. The fourth-order valence-electron chi connectivity index (χ4n) is 15.8. The number of hydrogen-bond donors (Lipinski definition) is 0. The standard InChI is InChI=1S/C70H68Br2N6O4.2ClHO4/c1-67(2)61(23-17-25-63-69(35-13-7-14-36-69)51-39-59(77(79)80)53(71)41-57(51)73(63)5)75(55-33-31-47-19-9-11-21-49(47)65(55)67)43-45-27-29-46(30-28-45)44-76-56-34-32-48-20-10-12-22-50(48)66(56)68(3,4)62(76)24-18-26-64-70(37-15-8-16-38-70)52-40-60(78(81)82)54(72)42-58(52)74(64)6;2*2-1(3,4)5/h9-12,17-34,39-42H,7-8,13-16,35-38,43-44H2,1-6H3;2*(H,2,3,4,5)/q+2;;/p-2. The van der Waals surface area contributed by atoms with Crippen molar-refractivity contribution in [2.45, 2.75) is 127 Å². The van der Waals surface area contributed by atoms with E-state index in [0.717, 1.165) is 73.9 Å². The highest BCUT2D eigenvalue weighted by Crippen LogP contribution is 2.59. The number of rotatable bonds is 10. The highest BCUT2D eigenvalue weighted by molar-refractivity contribution is 9.11. The van der Waals surface area contributed by atoms with Crippen LogP contribution < -0.4 is 47.1 Å². The Morgan fingerprint density at radius 1 is 0.500 bits per heavy atom. The SMILES string of the molecule is CN1/C(=C/C=C/C2=[N+](Cc3ccc(C[N+]4=C(/C=C/C=C5/N(C)c6cc(Br)c([N+](=O)[O-])cc6C56CCCCC6)C(C)(C)c5c4ccc4ccccc54)cc3)c3ccc4ccccc4c3C2(C)C)C2(CCCCC2)c2cc([N+](=O)[O-])c(Br)cc21.[O-][Cl+3]([O-])([O-])[O-].[O-][Cl+3]([O-])([O-])[O-]. The minimum atomic E-state index is -4.94. The van der Waals surface area contributed by atoms with E-state index < -0.39 is 20.5 Å². The Balaban J connectivity index is 0.000000807. The molecule has 478 valence electrons. The van der Waals surface area contributed by atoms with Crippen LogP contribution in [0.25, 0.3) is 21.5 Å². The first-order valence-electron chi connectivity index (χ1n) is 30.3. The molecule has 7 aromatic carbocycles. The van der Waals surface area contributed by atoms with Crippen LogP contribution in [0.4, 0.5) is 34.1 Å². The van der Waals surface area contributed by atoms with Gasteiger partial charge in [0.1, 0.15) is 0 Å². The highest BCUT2D eigenvalue weighted by atomic mass is 79.9. The number of hydrogen-bond acceptors (Lipinski definition) is 14. The quantitative estimate of drug-likeness (QED) is 0.0704. The second kappa shape index (κ2) is 25.4. The molecule has 7 aromatic rings. The van der Waals surface area contributed by atoms with Gasteiger partial charge in [0.2, 0.25) is 11.4 Å². The summed E-state index contributed by atoms with van der Waals surface area (Å²) in [5, 5.41) is 29.5. The molecule has 0 radical (unpaired) electrons. The van der Waals surface area contributed by atoms with E-state index >= 15 is 0 Å². The number of halogens is 4. The van der Waals surface area contributed by atoms with Gasteiger partial charge in [-0.3, -0.25) is 20.2 Å². The van der Waals surface area contributed by atoms with Crippen LogP contribution in [0.3, 0.4) is 0 Å². The minimum Gasteiger partial charge on any atom is -0.347 e. The van der Waals surface area contributed by atoms with Gasteiger partial charge in [0, 0.05) is 106 Å². The number of allylic oxidation sites excluding steroid dienone is 8. The van der Waals surface area contributed by atoms with Crippen molar-refractivity contribution in [3.05, 3.63) is 232 Å². The van der Waals surface area contributed by atoms with Crippen LogP contribution in [0.2, 0.25) is 0 Å². The van der Waals surface area contributed by atoms with Gasteiger partial charge in [-0.1, -0.05) is 123 Å². The zero-order valence-electron chi connectivity index (χ0n) is 51.6. The third kappa shape index (κ3) is 12.5. The lowest BCUT2D eigenvalue weighted by Crippen LogP contribution is -2.68. The first-order chi connectivity index (χ1) is 43.4. The van der Waals surface area contributed by atoms with Crippen LogP contribution in [-0.2, 0) is 34.7 Å². The van der Waals surface area contributed by atoms with Crippen molar-refractivity contribution in [3.63, 3.8) is 0 Å². The molecule has 2 aliphatic carbocycles. The highest BCUT2D eigenvalue weighted by Gasteiger charge is 2.51. The maximum atomic E-state index is 12.2. The number of nitrogens with zero attached hydrogens (tertiary/aromatic N) is 6. The van der Waals surface area contributed by atoms with Crippen LogP contribution in [0.1, 0.15) is 125 Å². The van der Waals surface area contributed by atoms with Crippen molar-refractivity contribution in [2.75, 3.05) is 23.9 Å². The Morgan fingerprint density at radius 3 is 1.17 bits per heavy atom. The molecule has 92 heavy (non-hydrogen) atoms. The lowest BCUT2D eigenvalue weighted by atomic mass is 9.68. The van der Waals surface area contributed by atoms with E-state index in [0.29, 0.717) is 22.0 Å². The van der Waals surface area contributed by atoms with Gasteiger partial charge in [-0.25, -0.2) is 37.3 Å². The largest absolute Gasteiger partial charge is 0.347 e. The van der Waals surface area contributed by atoms with Gasteiger partial charge in [0.25, 0.3) is 11.4 Å². The molecular weight excluding hydrogens is 1350 g/mol. The summed E-state index contributed by atoms with van der Waals surface area (Å²) in [6.45, 7) is 10.8. The molecule has 2 saturated carbocycles. The fraction of sp³-hybridized carbons (Fsp3) is 0.314. The summed E-state index contributed by atoms with van der Waals surface area (Å²) in [5.41, 5.74) is 15.5. The zero-order chi connectivity index (χ0) is 66.0. The van der Waals surface area contributed by atoms with E-state index in [-0.39, 0.29) is 42.9 Å². The van der Waals surface area contributed by atoms with Crippen LogP contribution >= 0.6 is 31.9 Å². The van der Waals surface area contributed by atoms with Gasteiger partial charge in [0.05, 0.1) is 29.6 Å². The van der Waals surface area contributed by atoms with E-state index in [1.807, 2.05) is 24.3 Å². The normalized spacial score (nSPS) is 19.3. The molecule has 2 spiro atoms. The van der Waals surface area contributed by atoms with E-state index in [1.165, 1.54) is 90.8 Å². The predicted octanol–water partition coefficient (Wildman–Crippen LogP) is 8.56. The molecule has 22 heteroatoms. The van der Waals surface area contributed by atoms with Crippen molar-refractivity contribution in [1.82, 2.24) is 0 Å². The molecule has 18 nitrogen and oxygen atoms in total. The van der Waals surface area contributed by atoms with Crippen molar-refractivity contribution in [3.8, 4) is 0 Å². The maximum absolute atomic E-state index is 12.2. The summed E-state index contributed by atoms with van der Waals surface area (Å²) in [4.78, 5) is 28.5. The number of fused-ring (bicyclic) bond motifs is 10. The van der Waals surface area contributed by atoms with Crippen LogP contribution in [0.5, 0.6) is 0 Å². The van der Waals surface area contributed by atoms with Gasteiger partial charge in [-0.2, -0.15) is 9.15 Å². The molecule has 6 aliphatic rings. The number of benzene rings is 7. The van der Waals surface area contributed by atoms with Crippen molar-refractivity contribution in [1.29, 1.82) is 0 Å². The van der Waals surface area contributed by atoms with Crippen LogP contribution in [-0.4, -0.2) is 44.5 Å². The molecule has 4 heterocycles. The van der Waals surface area contributed by atoms with Gasteiger partial charge in [0.15, 0.2) is 24.5 Å². The van der Waals surface area contributed by atoms with Gasteiger partial charge in [-0.05, 0) is 154 Å². The van der Waals surface area contributed by atoms with Crippen molar-refractivity contribution < 1.29 is 76.8 Å². The number of likely N-dealkylation sites (N-methyl/N-ethyl adjacent to an activating group) is 2. The van der Waals surface area contributed by atoms with Gasteiger partial charge < -0.3 is 9.80 Å². The molecule has 0 atom stereocenters. The molecule has 0 amide bonds. The molecule has 0 aromatic heterocycles. The molecule has 13 rings (SSSR count). The number of nitro benzene ring substituents is 2. The summed E-state index contributed by atoms with van der Waals surface area (Å²) >= 11 is 7.07. The Bertz CT molecular complexity index is 4040. The van der Waals surface area contributed by atoms with E-state index in [2.05, 4.69) is 226 Å². The van der Waals surface area contributed by atoms with Crippen LogP contribution in [0, 0.1) is 40.7 Å². The topological polar surface area (TPSA) is 283 Å². The minimum absolute atomic E-state index is 0.120. The Morgan fingerprint density at radius 2 is 0.837 bits per heavy atom. The monoisotopic (exact) mass is 1410 g/mol. The van der Waals surface area contributed by atoms with E-state index in [4.69, 9.17) is 37.3 Å². The summed E-state index contributed by atoms with van der Waals surface area (Å²) in [7, 11) is -5.66. The van der Waals surface area contributed by atoms with Crippen LogP contribution in [0.15, 0.2) is 178 Å². The molecular formula is C70H68Br2Cl2N6O12. The summed E-state index contributed by atoms with van der Waals surface area (Å²) in [6, 6.07) is 43.4. The van der Waals surface area contributed by atoms with E-state index in [1.54, 1.807) is 0 Å². The van der Waals surface area contributed by atoms with Crippen molar-refractivity contribution >= 4 is 99.0 Å². The predicted molar refractivity (Wildman–Crippen MR) is 340 cm³/mol. The molecule has 0 N–H and O–H groups in total. The summed E-state index contributed by atoms with van der Waals surface area (Å²) < 4.78 is 74.0. The molecule has 0 bridgehead atoms. The third-order valence-corrected chi connectivity index (χ3v) is 20.9. The second-order valence-electron chi connectivity index (χ2n) is 25.5. The summed E-state index contributed by atoms with van der Waals surface area (Å²) in [5.74, 6) is 0. The second-order valence-corrected chi connectivity index (χ2v) is 28.7. The average molecular weight is 1420 g/mol. The van der Waals surface area contributed by atoms with Gasteiger partial charge >= 0.3 is 0 Å². The van der Waals surface area contributed by atoms with Gasteiger partial charge in [-0.15, -0.1) is 20.5 Å². The third-order valence-electron chi connectivity index (χ3n) is 19.6. The van der Waals surface area contributed by atoms with E-state index in [9.17, 15) is 20.2 Å². The Hall–Kier alpha value is -7.02. The maximum Gasteiger partial charge on any atom is 0.283 e. The average Bonchev–Trinajstić information content (AvgIpc) is 1.59. The molecule has 4 aliphatic heterocycles. The van der Waals surface area contributed by atoms with Crippen molar-refractivity contribution in [2.24, 2.45) is 0 Å². The summed E-state index contributed by atoms with van der Waals surface area (Å²) in [6.07, 6.45) is 24.2. The molecule has 0 saturated heterocycles. The smallest absolute Gasteiger partial charge is 0.283 e. The zero-order valence-corrected chi connectivity index (χ0v) is 56.3. The Kier molecular flexibility index (Phi) is 18.3. The lowest BCUT2D eigenvalue weighted by Gasteiger charge is -2.36. The lowest BCUT2D eigenvalue weighted by molar-refractivity contribution is -2.00. The Labute approximate surface area is 554 Å². The molecule has 0 unspecified atom stereocenters. The first-order valence-corrected chi connectivity index (χ1v) is 34.4. The fourth-order valence-corrected chi connectivity index (χ4v) is 16.7. The number of anilines is 2. The molecule has 2 fully saturated rings. The number of nitro groups is 2.